The summed E-state index contributed by atoms with van der Waals surface area (Å²) in [5.74, 6) is 0.137. The predicted molar refractivity (Wildman–Crippen MR) is 143 cm³/mol. The van der Waals surface area contributed by atoms with Crippen LogP contribution in [-0.2, 0) is 25.9 Å². The third kappa shape index (κ3) is 7.98. The number of hydrogen-bond donors (Lipinski definition) is 2. The average Bonchev–Trinajstić information content (AvgIpc) is 3.63. The van der Waals surface area contributed by atoms with E-state index in [1.54, 1.807) is 0 Å². The Morgan fingerprint density at radius 2 is 1.82 bits per heavy atom. The molecule has 0 spiro atoms. The quantitative estimate of drug-likeness (QED) is 0.296. The first-order valence-corrected chi connectivity index (χ1v) is 14.7. The summed E-state index contributed by atoms with van der Waals surface area (Å²) in [6, 6.07) is 13.2. The fraction of sp³-hybridized carbons (Fsp3) is 0.519. The van der Waals surface area contributed by atoms with Crippen LogP contribution in [0.5, 0.6) is 0 Å². The van der Waals surface area contributed by atoms with Gasteiger partial charge in [-0.3, -0.25) is 10.1 Å². The molecule has 1 amide bonds. The number of sulfonamides is 1. The zero-order valence-corrected chi connectivity index (χ0v) is 22.5. The van der Waals surface area contributed by atoms with Crippen LogP contribution < -0.4 is 5.32 Å². The number of nitrogens with one attached hydrogen (secondary N) is 1. The zero-order chi connectivity index (χ0) is 27.8. The second-order valence-corrected chi connectivity index (χ2v) is 12.1. The topological polar surface area (TPSA) is 148 Å². The van der Waals surface area contributed by atoms with E-state index in [4.69, 9.17) is 9.47 Å². The van der Waals surface area contributed by atoms with Gasteiger partial charge >= 0.3 is 6.09 Å². The number of rotatable bonds is 12. The maximum Gasteiger partial charge on any atom is 0.407 e. The molecule has 0 aromatic heterocycles. The molecule has 12 heteroatoms. The minimum absolute atomic E-state index is 0.0912. The maximum absolute atomic E-state index is 13.7. The Morgan fingerprint density at radius 1 is 1.13 bits per heavy atom. The summed E-state index contributed by atoms with van der Waals surface area (Å²) in [5.41, 5.74) is 0.640. The molecule has 2 N–H and O–H groups in total. The highest BCUT2D eigenvalue weighted by Crippen LogP contribution is 2.29. The number of alkyl carbamates (subject to hydrolysis) is 1. The number of hydrogen-bond acceptors (Lipinski definition) is 8. The van der Waals surface area contributed by atoms with Crippen molar-refractivity contribution in [3.63, 3.8) is 0 Å². The number of nitro groups is 1. The maximum atomic E-state index is 13.7. The van der Waals surface area contributed by atoms with Gasteiger partial charge in [-0.25, -0.2) is 13.2 Å². The van der Waals surface area contributed by atoms with Crippen LogP contribution in [-0.4, -0.2) is 73.4 Å². The Hall–Kier alpha value is -3.06. The van der Waals surface area contributed by atoms with Gasteiger partial charge in [-0.2, -0.15) is 4.31 Å². The van der Waals surface area contributed by atoms with E-state index in [1.165, 1.54) is 16.4 Å². The van der Waals surface area contributed by atoms with Crippen LogP contribution in [0.3, 0.4) is 0 Å². The Kier molecular flexibility index (Phi) is 9.89. The predicted octanol–water partition coefficient (Wildman–Crippen LogP) is 3.26. The fourth-order valence-electron chi connectivity index (χ4n) is 5.07. The number of aliphatic hydroxyl groups excluding tert-OH is 1. The molecule has 1 aliphatic carbocycles. The monoisotopic (exact) mass is 561 g/mol. The van der Waals surface area contributed by atoms with Crippen LogP contribution in [0.2, 0.25) is 0 Å². The van der Waals surface area contributed by atoms with Gasteiger partial charge in [0.2, 0.25) is 10.0 Å². The van der Waals surface area contributed by atoms with Gasteiger partial charge in [0.05, 0.1) is 35.2 Å². The van der Waals surface area contributed by atoms with E-state index in [2.05, 4.69) is 5.32 Å². The number of non-ortho nitro benzene ring substituents is 1. The van der Waals surface area contributed by atoms with E-state index in [9.17, 15) is 28.4 Å². The van der Waals surface area contributed by atoms with Crippen molar-refractivity contribution in [3.05, 3.63) is 70.3 Å². The van der Waals surface area contributed by atoms with Gasteiger partial charge in [0.25, 0.3) is 5.69 Å². The molecule has 2 aromatic carbocycles. The second-order valence-electron chi connectivity index (χ2n) is 10.1. The van der Waals surface area contributed by atoms with Crippen molar-refractivity contribution < 1.29 is 32.7 Å². The Bertz CT molecular complexity index is 1200. The number of ether oxygens (including phenoxy) is 2. The molecule has 1 aliphatic heterocycles. The number of aliphatic hydroxyl groups is 1. The third-order valence-electron chi connectivity index (χ3n) is 7.24. The molecule has 4 rings (SSSR count). The third-order valence-corrected chi connectivity index (χ3v) is 9.09. The molecule has 2 aliphatic rings. The first-order valence-electron chi connectivity index (χ1n) is 13.2. The molecule has 1 heterocycles. The van der Waals surface area contributed by atoms with Gasteiger partial charge in [-0.1, -0.05) is 43.2 Å². The number of benzene rings is 2. The highest BCUT2D eigenvalue weighted by molar-refractivity contribution is 7.89. The molecular weight excluding hydrogens is 526 g/mol. The van der Waals surface area contributed by atoms with Crippen molar-refractivity contribution >= 4 is 21.8 Å². The van der Waals surface area contributed by atoms with Crippen LogP contribution in [0, 0.1) is 16.0 Å². The molecule has 39 heavy (non-hydrogen) atoms. The first-order chi connectivity index (χ1) is 18.7. The van der Waals surface area contributed by atoms with Gasteiger partial charge in [0, 0.05) is 31.6 Å². The van der Waals surface area contributed by atoms with Gasteiger partial charge in [-0.15, -0.1) is 0 Å². The highest BCUT2D eigenvalue weighted by atomic mass is 32.2. The minimum Gasteiger partial charge on any atom is -0.444 e. The summed E-state index contributed by atoms with van der Waals surface area (Å²) in [6.07, 6.45) is 2.28. The molecule has 2 aromatic rings. The van der Waals surface area contributed by atoms with Crippen molar-refractivity contribution in [1.82, 2.24) is 9.62 Å². The molecule has 1 saturated carbocycles. The summed E-state index contributed by atoms with van der Waals surface area (Å²) in [6.45, 7) is 0.755. The summed E-state index contributed by atoms with van der Waals surface area (Å²) in [4.78, 5) is 23.1. The number of nitrogens with zero attached hydrogens (tertiary/aromatic N) is 2. The smallest absolute Gasteiger partial charge is 0.407 e. The SMILES string of the molecule is O=C(N[C@@H](Cc1ccccc1)[C@H](O)CN(CC1CCCC1)S(=O)(=O)c1ccc([N+](=O)[O-])cc1)O[C@@H]1CCOC1. The molecule has 0 unspecified atom stereocenters. The van der Waals surface area contributed by atoms with Crippen molar-refractivity contribution in [3.8, 4) is 0 Å². The first kappa shape index (κ1) is 28.9. The fourth-order valence-corrected chi connectivity index (χ4v) is 6.60. The lowest BCUT2D eigenvalue weighted by atomic mass is 10.0. The van der Waals surface area contributed by atoms with Crippen molar-refractivity contribution in [1.29, 1.82) is 0 Å². The molecule has 11 nitrogen and oxygen atoms in total. The Balaban J connectivity index is 1.55. The van der Waals surface area contributed by atoms with Crippen molar-refractivity contribution in [2.75, 3.05) is 26.3 Å². The van der Waals surface area contributed by atoms with Gasteiger partial charge in [0.15, 0.2) is 0 Å². The van der Waals surface area contributed by atoms with Gasteiger partial charge in [-0.05, 0) is 42.9 Å². The van der Waals surface area contributed by atoms with Crippen LogP contribution in [0.1, 0.15) is 37.7 Å². The molecule has 3 atom stereocenters. The lowest BCUT2D eigenvalue weighted by Crippen LogP contribution is -2.51. The molecule has 2 fully saturated rings. The lowest BCUT2D eigenvalue weighted by molar-refractivity contribution is -0.384. The van der Waals surface area contributed by atoms with E-state index in [0.717, 1.165) is 43.4 Å². The van der Waals surface area contributed by atoms with Crippen LogP contribution >= 0.6 is 0 Å². The molecule has 212 valence electrons. The lowest BCUT2D eigenvalue weighted by Gasteiger charge is -2.31. The standard InChI is InChI=1S/C27H35N3O8S/c31-26(25(16-20-6-2-1-3-7-20)28-27(32)38-23-14-15-37-19-23)18-29(17-21-8-4-5-9-21)39(35,36)24-12-10-22(11-13-24)30(33)34/h1-3,6-7,10-13,21,23,25-26,31H,4-5,8-9,14-19H2,(H,28,32)/t23-,25+,26-/m1/s1. The summed E-state index contributed by atoms with van der Waals surface area (Å²) >= 11 is 0. The van der Waals surface area contributed by atoms with Gasteiger partial charge in [0.1, 0.15) is 6.10 Å². The minimum atomic E-state index is -4.09. The van der Waals surface area contributed by atoms with Crippen LogP contribution in [0.15, 0.2) is 59.5 Å². The Morgan fingerprint density at radius 3 is 2.44 bits per heavy atom. The molecule has 0 bridgehead atoms. The average molecular weight is 562 g/mol. The number of carbonyl (C=O) groups is 1. The zero-order valence-electron chi connectivity index (χ0n) is 21.7. The summed E-state index contributed by atoms with van der Waals surface area (Å²) in [7, 11) is -4.09. The van der Waals surface area contributed by atoms with E-state index in [0.29, 0.717) is 19.6 Å². The molecular formula is C27H35N3O8S. The largest absolute Gasteiger partial charge is 0.444 e. The molecule has 1 saturated heterocycles. The second kappa shape index (κ2) is 13.3. The summed E-state index contributed by atoms with van der Waals surface area (Å²) < 4.78 is 39.3. The number of amides is 1. The van der Waals surface area contributed by atoms with E-state index >= 15 is 0 Å². The van der Waals surface area contributed by atoms with E-state index in [1.807, 2.05) is 30.3 Å². The Labute approximate surface area is 228 Å². The number of nitro benzene ring substituents is 1. The highest BCUT2D eigenvalue weighted by Gasteiger charge is 2.34. The normalized spacial score (nSPS) is 19.6. The van der Waals surface area contributed by atoms with E-state index < -0.39 is 33.2 Å². The summed E-state index contributed by atoms with van der Waals surface area (Å²) in [5, 5.41) is 25.2. The van der Waals surface area contributed by atoms with Crippen LogP contribution in [0.4, 0.5) is 10.5 Å². The van der Waals surface area contributed by atoms with Crippen molar-refractivity contribution in [2.45, 2.75) is 61.7 Å². The van der Waals surface area contributed by atoms with Crippen molar-refractivity contribution in [2.24, 2.45) is 5.92 Å². The molecule has 0 radical (unpaired) electrons. The van der Waals surface area contributed by atoms with E-state index in [-0.39, 0.29) is 42.1 Å². The van der Waals surface area contributed by atoms with Gasteiger partial charge < -0.3 is 19.9 Å². The van der Waals surface area contributed by atoms with Crippen LogP contribution in [0.25, 0.3) is 0 Å². The number of carbonyl (C=O) groups excluding carboxylic acids is 1.